The number of carbonyl (C=O) groups is 3. The molecule has 1 heterocycles. The minimum atomic E-state index is -0.334. The summed E-state index contributed by atoms with van der Waals surface area (Å²) >= 11 is 0. The van der Waals surface area contributed by atoms with Gasteiger partial charge in [-0.1, -0.05) is 12.1 Å². The summed E-state index contributed by atoms with van der Waals surface area (Å²) in [4.78, 5) is 34.8. The molecular weight excluding hydrogens is 362 g/mol. The standard InChI is InChI=1S/C17H23N3O5.ClH/c18-7-8-24-9-10-25-11-16(22)19-13-3-1-12(2-4-13)14-5-6-15(21)20-17(14)23;/h1-4,14H,5-11,18H2,(H,19,22)(H,20,21,23);1H. The van der Waals surface area contributed by atoms with E-state index in [9.17, 15) is 14.4 Å². The van der Waals surface area contributed by atoms with Gasteiger partial charge in [0.2, 0.25) is 17.7 Å². The molecule has 144 valence electrons. The molecule has 0 spiro atoms. The average Bonchev–Trinajstić information content (AvgIpc) is 2.59. The van der Waals surface area contributed by atoms with E-state index >= 15 is 0 Å². The van der Waals surface area contributed by atoms with Crippen molar-refractivity contribution in [1.29, 1.82) is 0 Å². The minimum absolute atomic E-state index is 0. The molecule has 0 bridgehead atoms. The van der Waals surface area contributed by atoms with Crippen LogP contribution in [0.3, 0.4) is 0 Å². The lowest BCUT2D eigenvalue weighted by Crippen LogP contribution is -2.39. The van der Waals surface area contributed by atoms with E-state index in [4.69, 9.17) is 15.2 Å². The van der Waals surface area contributed by atoms with Crippen LogP contribution in [0.5, 0.6) is 0 Å². The lowest BCUT2D eigenvalue weighted by Gasteiger charge is -2.21. The number of halogens is 1. The van der Waals surface area contributed by atoms with Crippen molar-refractivity contribution >= 4 is 35.8 Å². The lowest BCUT2D eigenvalue weighted by molar-refractivity contribution is -0.134. The molecule has 1 aromatic rings. The predicted octanol–water partition coefficient (Wildman–Crippen LogP) is 0.559. The highest BCUT2D eigenvalue weighted by atomic mass is 35.5. The summed E-state index contributed by atoms with van der Waals surface area (Å²) in [5.74, 6) is -1.12. The molecule has 4 N–H and O–H groups in total. The van der Waals surface area contributed by atoms with Gasteiger partial charge in [-0.05, 0) is 24.1 Å². The van der Waals surface area contributed by atoms with E-state index in [2.05, 4.69) is 10.6 Å². The minimum Gasteiger partial charge on any atom is -0.378 e. The van der Waals surface area contributed by atoms with Gasteiger partial charge < -0.3 is 20.5 Å². The Morgan fingerprint density at radius 2 is 1.85 bits per heavy atom. The lowest BCUT2D eigenvalue weighted by atomic mass is 9.90. The smallest absolute Gasteiger partial charge is 0.250 e. The number of imide groups is 1. The van der Waals surface area contributed by atoms with Gasteiger partial charge in [0, 0.05) is 18.7 Å². The number of nitrogens with one attached hydrogen (secondary N) is 2. The monoisotopic (exact) mass is 385 g/mol. The van der Waals surface area contributed by atoms with Crippen molar-refractivity contribution in [3.05, 3.63) is 29.8 Å². The van der Waals surface area contributed by atoms with Gasteiger partial charge in [0.1, 0.15) is 6.61 Å². The second-order valence-corrected chi connectivity index (χ2v) is 5.63. The zero-order chi connectivity index (χ0) is 18.1. The number of rotatable bonds is 9. The van der Waals surface area contributed by atoms with Gasteiger partial charge in [-0.25, -0.2) is 0 Å². The first-order valence-electron chi connectivity index (χ1n) is 8.19. The molecule has 0 aliphatic carbocycles. The number of piperidine rings is 1. The Morgan fingerprint density at radius 1 is 1.15 bits per heavy atom. The van der Waals surface area contributed by atoms with Gasteiger partial charge in [-0.2, -0.15) is 0 Å². The molecule has 2 rings (SSSR count). The second kappa shape index (κ2) is 11.6. The Labute approximate surface area is 158 Å². The zero-order valence-electron chi connectivity index (χ0n) is 14.4. The number of hydrogen-bond acceptors (Lipinski definition) is 6. The molecule has 1 aromatic carbocycles. The van der Waals surface area contributed by atoms with E-state index in [0.717, 1.165) is 5.56 Å². The molecule has 8 nitrogen and oxygen atoms in total. The molecule has 0 radical (unpaired) electrons. The Bertz CT molecular complexity index is 609. The van der Waals surface area contributed by atoms with Crippen molar-refractivity contribution < 1.29 is 23.9 Å². The SMILES string of the molecule is Cl.NCCOCCOCC(=O)Nc1ccc(C2CCC(=O)NC2=O)cc1. The first-order valence-corrected chi connectivity index (χ1v) is 8.19. The summed E-state index contributed by atoms with van der Waals surface area (Å²) in [5, 5.41) is 5.05. The van der Waals surface area contributed by atoms with Crippen LogP contribution in [0.4, 0.5) is 5.69 Å². The van der Waals surface area contributed by atoms with E-state index in [1.54, 1.807) is 24.3 Å². The van der Waals surface area contributed by atoms with Crippen LogP contribution >= 0.6 is 12.4 Å². The number of hydrogen-bond donors (Lipinski definition) is 3. The van der Waals surface area contributed by atoms with Crippen molar-refractivity contribution in [3.8, 4) is 0 Å². The van der Waals surface area contributed by atoms with E-state index in [0.29, 0.717) is 44.9 Å². The third-order valence-electron chi connectivity index (χ3n) is 3.70. The number of anilines is 1. The van der Waals surface area contributed by atoms with E-state index < -0.39 is 0 Å². The van der Waals surface area contributed by atoms with Gasteiger partial charge in [0.15, 0.2) is 0 Å². The molecule has 1 aliphatic heterocycles. The highest BCUT2D eigenvalue weighted by Crippen LogP contribution is 2.25. The van der Waals surface area contributed by atoms with Crippen molar-refractivity contribution in [2.24, 2.45) is 5.73 Å². The summed E-state index contributed by atoms with van der Waals surface area (Å²) in [6.45, 7) is 1.57. The fraction of sp³-hybridized carbons (Fsp3) is 0.471. The number of carbonyl (C=O) groups excluding carboxylic acids is 3. The number of ether oxygens (including phenoxy) is 2. The first-order chi connectivity index (χ1) is 12.1. The third kappa shape index (κ3) is 7.09. The van der Waals surface area contributed by atoms with Crippen LogP contribution in [-0.4, -0.2) is 50.7 Å². The first kappa shape index (κ1) is 22.0. The molecule has 1 atom stereocenters. The normalized spacial score (nSPS) is 16.6. The topological polar surface area (TPSA) is 120 Å². The molecule has 26 heavy (non-hydrogen) atoms. The third-order valence-corrected chi connectivity index (χ3v) is 3.70. The van der Waals surface area contributed by atoms with E-state index in [-0.39, 0.29) is 42.7 Å². The van der Waals surface area contributed by atoms with Gasteiger partial charge in [-0.3, -0.25) is 19.7 Å². The van der Waals surface area contributed by atoms with E-state index in [1.807, 2.05) is 0 Å². The highest BCUT2D eigenvalue weighted by Gasteiger charge is 2.27. The van der Waals surface area contributed by atoms with Crippen LogP contribution < -0.4 is 16.4 Å². The molecule has 1 unspecified atom stereocenters. The van der Waals surface area contributed by atoms with E-state index in [1.165, 1.54) is 0 Å². The van der Waals surface area contributed by atoms with Crippen molar-refractivity contribution in [2.75, 3.05) is 38.3 Å². The second-order valence-electron chi connectivity index (χ2n) is 5.63. The summed E-state index contributed by atoms with van der Waals surface area (Å²) in [7, 11) is 0. The Hall–Kier alpha value is -2.00. The van der Waals surface area contributed by atoms with Crippen LogP contribution in [0, 0.1) is 0 Å². The van der Waals surface area contributed by atoms with Crippen molar-refractivity contribution in [1.82, 2.24) is 5.32 Å². The molecule has 1 aliphatic rings. The van der Waals surface area contributed by atoms with Crippen LogP contribution in [0.2, 0.25) is 0 Å². The van der Waals surface area contributed by atoms with Gasteiger partial charge in [0.25, 0.3) is 0 Å². The Kier molecular flexibility index (Phi) is 9.82. The van der Waals surface area contributed by atoms with Gasteiger partial charge in [-0.15, -0.1) is 12.4 Å². The molecule has 0 saturated carbocycles. The van der Waals surface area contributed by atoms with Crippen LogP contribution in [0.15, 0.2) is 24.3 Å². The van der Waals surface area contributed by atoms with Crippen molar-refractivity contribution in [2.45, 2.75) is 18.8 Å². The fourth-order valence-corrected chi connectivity index (χ4v) is 2.48. The van der Waals surface area contributed by atoms with Crippen LogP contribution in [0.1, 0.15) is 24.3 Å². The Balaban J connectivity index is 0.00000338. The molecule has 1 saturated heterocycles. The van der Waals surface area contributed by atoms with Gasteiger partial charge >= 0.3 is 0 Å². The molecule has 3 amide bonds. The van der Waals surface area contributed by atoms with Gasteiger partial charge in [0.05, 0.1) is 25.7 Å². The summed E-state index contributed by atoms with van der Waals surface area (Å²) in [5.41, 5.74) is 6.71. The molecule has 0 aromatic heterocycles. The predicted molar refractivity (Wildman–Crippen MR) is 98.1 cm³/mol. The molecule has 9 heteroatoms. The quantitative estimate of drug-likeness (QED) is 0.422. The number of nitrogens with two attached hydrogens (primary N) is 1. The number of benzene rings is 1. The largest absolute Gasteiger partial charge is 0.378 e. The Morgan fingerprint density at radius 3 is 2.50 bits per heavy atom. The average molecular weight is 386 g/mol. The molecule has 1 fully saturated rings. The maximum atomic E-state index is 11.8. The maximum absolute atomic E-state index is 11.8. The zero-order valence-corrected chi connectivity index (χ0v) is 15.2. The number of amides is 3. The van der Waals surface area contributed by atoms with Crippen molar-refractivity contribution in [3.63, 3.8) is 0 Å². The highest BCUT2D eigenvalue weighted by molar-refractivity contribution is 6.01. The van der Waals surface area contributed by atoms with Crippen LogP contribution in [0.25, 0.3) is 0 Å². The maximum Gasteiger partial charge on any atom is 0.250 e. The molecular formula is C17H24ClN3O5. The summed E-state index contributed by atoms with van der Waals surface area (Å²) in [6, 6.07) is 7.00. The summed E-state index contributed by atoms with van der Waals surface area (Å²) < 4.78 is 10.3. The summed E-state index contributed by atoms with van der Waals surface area (Å²) in [6.07, 6.45) is 0.831. The fourth-order valence-electron chi connectivity index (χ4n) is 2.48. The van der Waals surface area contributed by atoms with Crippen LogP contribution in [-0.2, 0) is 23.9 Å².